The Hall–Kier alpha value is -0.640. The van der Waals surface area contributed by atoms with Crippen molar-refractivity contribution in [1.29, 1.82) is 0 Å². The van der Waals surface area contributed by atoms with E-state index >= 15 is 0 Å². The summed E-state index contributed by atoms with van der Waals surface area (Å²) in [5.74, 6) is 0. The van der Waals surface area contributed by atoms with E-state index in [1.54, 1.807) is 10.8 Å². The van der Waals surface area contributed by atoms with Crippen molar-refractivity contribution < 1.29 is 0 Å². The molecule has 0 N–H and O–H groups in total. The van der Waals surface area contributed by atoms with E-state index in [1.165, 1.54) is 0 Å². The molecule has 0 radical (unpaired) electrons. The molecule has 1 aromatic heterocycles. The van der Waals surface area contributed by atoms with Crippen molar-refractivity contribution >= 4 is 15.9 Å². The van der Waals surface area contributed by atoms with E-state index in [0.29, 0.717) is 6.54 Å². The maximum absolute atomic E-state index is 3.85. The molecule has 0 bridgehead atoms. The van der Waals surface area contributed by atoms with Gasteiger partial charge in [-0.25, -0.2) is 4.68 Å². The molecule has 0 aliphatic carbocycles. The van der Waals surface area contributed by atoms with Gasteiger partial charge in [0.15, 0.2) is 0 Å². The van der Waals surface area contributed by atoms with Gasteiger partial charge < -0.3 is 0 Å². The molecule has 10 heavy (non-hydrogen) atoms. The molecule has 54 valence electrons. The van der Waals surface area contributed by atoms with Crippen molar-refractivity contribution in [2.75, 3.05) is 0 Å². The van der Waals surface area contributed by atoms with Crippen LogP contribution in [0.25, 0.3) is 0 Å². The van der Waals surface area contributed by atoms with Gasteiger partial charge in [-0.3, -0.25) is 0 Å². The molecule has 1 aromatic rings. The molecule has 0 fully saturated rings. The van der Waals surface area contributed by atoms with Crippen LogP contribution in [0.1, 0.15) is 5.69 Å². The maximum Gasteiger partial charge on any atom is 0.127 e. The Labute approximate surface area is 67.9 Å². The van der Waals surface area contributed by atoms with Gasteiger partial charge >= 0.3 is 0 Å². The van der Waals surface area contributed by atoms with Crippen molar-refractivity contribution in [3.63, 3.8) is 0 Å². The van der Waals surface area contributed by atoms with Gasteiger partial charge in [-0.15, -0.1) is 11.7 Å². The van der Waals surface area contributed by atoms with E-state index in [2.05, 4.69) is 32.8 Å². The van der Waals surface area contributed by atoms with Gasteiger partial charge in [0.2, 0.25) is 0 Å². The van der Waals surface area contributed by atoms with E-state index < -0.39 is 0 Å². The number of hydrogen-bond donors (Lipinski definition) is 0. The van der Waals surface area contributed by atoms with Gasteiger partial charge in [0.25, 0.3) is 0 Å². The summed E-state index contributed by atoms with van der Waals surface area (Å²) in [7, 11) is 0. The fourth-order valence-electron chi connectivity index (χ4n) is 0.627. The van der Waals surface area contributed by atoms with Crippen LogP contribution in [-0.4, -0.2) is 15.0 Å². The summed E-state index contributed by atoms with van der Waals surface area (Å²) >= 11 is 3.34. The fourth-order valence-corrected chi connectivity index (χ4v) is 0.922. The molecule has 0 aromatic carbocycles. The largest absolute Gasteiger partial charge is 0.234 e. The van der Waals surface area contributed by atoms with Gasteiger partial charge in [-0.05, 0) is 22.9 Å². The Kier molecular flexibility index (Phi) is 2.21. The third kappa shape index (κ3) is 1.26. The van der Waals surface area contributed by atoms with Crippen LogP contribution in [0.5, 0.6) is 0 Å². The molecule has 4 heteroatoms. The van der Waals surface area contributed by atoms with Gasteiger partial charge in [0, 0.05) is 0 Å². The molecule has 0 aliphatic heterocycles. The van der Waals surface area contributed by atoms with Gasteiger partial charge in [-0.2, -0.15) is 0 Å². The number of aryl methyl sites for hydroxylation is 1. The van der Waals surface area contributed by atoms with Crippen molar-refractivity contribution in [3.05, 3.63) is 23.0 Å². The number of aromatic nitrogens is 3. The van der Waals surface area contributed by atoms with E-state index in [4.69, 9.17) is 0 Å². The minimum Gasteiger partial charge on any atom is -0.234 e. The van der Waals surface area contributed by atoms with Crippen molar-refractivity contribution in [3.8, 4) is 0 Å². The predicted molar refractivity (Wildman–Crippen MR) is 42.7 cm³/mol. The van der Waals surface area contributed by atoms with Crippen LogP contribution >= 0.6 is 15.9 Å². The molecule has 1 heterocycles. The summed E-state index contributed by atoms with van der Waals surface area (Å²) in [5.41, 5.74) is 0.904. The quantitative estimate of drug-likeness (QED) is 0.681. The first-order valence-corrected chi connectivity index (χ1v) is 3.71. The van der Waals surface area contributed by atoms with Crippen molar-refractivity contribution in [2.45, 2.75) is 13.5 Å². The molecule has 0 saturated heterocycles. The minimum absolute atomic E-state index is 0.696. The summed E-state index contributed by atoms with van der Waals surface area (Å²) in [6.45, 7) is 6.19. The third-order valence-corrected chi connectivity index (χ3v) is 2.11. The highest BCUT2D eigenvalue weighted by molar-refractivity contribution is 9.10. The maximum atomic E-state index is 3.85. The molecule has 0 saturated carbocycles. The molecule has 0 amide bonds. The highest BCUT2D eigenvalue weighted by Gasteiger charge is 2.01. The second-order valence-electron chi connectivity index (χ2n) is 1.94. The lowest BCUT2D eigenvalue weighted by Crippen LogP contribution is -1.97. The summed E-state index contributed by atoms with van der Waals surface area (Å²) in [5, 5.41) is 7.71. The number of allylic oxidation sites excluding steroid dienone is 1. The van der Waals surface area contributed by atoms with Gasteiger partial charge in [0.1, 0.15) is 4.60 Å². The van der Waals surface area contributed by atoms with E-state index in [-0.39, 0.29) is 0 Å². The van der Waals surface area contributed by atoms with Gasteiger partial charge in [-0.1, -0.05) is 11.3 Å². The predicted octanol–water partition coefficient (Wildman–Crippen LogP) is 1.54. The second kappa shape index (κ2) is 2.96. The van der Waals surface area contributed by atoms with Crippen LogP contribution in [0.3, 0.4) is 0 Å². The zero-order chi connectivity index (χ0) is 7.56. The lowest BCUT2D eigenvalue weighted by atomic mass is 10.5. The first-order chi connectivity index (χ1) is 4.75. The van der Waals surface area contributed by atoms with E-state index in [1.807, 2.05) is 6.92 Å². The topological polar surface area (TPSA) is 30.7 Å². The molecule has 0 aliphatic rings. The average molecular weight is 202 g/mol. The Bertz CT molecular complexity index is 241. The van der Waals surface area contributed by atoms with Crippen LogP contribution in [-0.2, 0) is 6.54 Å². The Morgan fingerprint density at radius 2 is 2.50 bits per heavy atom. The number of hydrogen-bond acceptors (Lipinski definition) is 2. The first kappa shape index (κ1) is 7.47. The summed E-state index contributed by atoms with van der Waals surface area (Å²) in [4.78, 5) is 0. The Morgan fingerprint density at radius 3 is 2.90 bits per heavy atom. The highest BCUT2D eigenvalue weighted by Crippen LogP contribution is 2.11. The van der Waals surface area contributed by atoms with Crippen molar-refractivity contribution in [2.24, 2.45) is 0 Å². The average Bonchev–Trinajstić information content (AvgIpc) is 2.20. The van der Waals surface area contributed by atoms with E-state index in [9.17, 15) is 0 Å². The SMILES string of the molecule is C=CCn1nnc(C)c1Br. The summed E-state index contributed by atoms with van der Waals surface area (Å²) < 4.78 is 2.66. The summed E-state index contributed by atoms with van der Waals surface area (Å²) in [6, 6.07) is 0. The zero-order valence-corrected chi connectivity index (χ0v) is 7.30. The number of rotatable bonds is 2. The van der Waals surface area contributed by atoms with Crippen molar-refractivity contribution in [1.82, 2.24) is 15.0 Å². The number of nitrogens with zero attached hydrogens (tertiary/aromatic N) is 3. The molecule has 1 rings (SSSR count). The standard InChI is InChI=1S/C6H8BrN3/c1-3-4-10-6(7)5(2)8-9-10/h3H,1,4H2,2H3. The van der Waals surface area contributed by atoms with E-state index in [0.717, 1.165) is 10.3 Å². The Balaban J connectivity index is 2.93. The normalized spacial score (nSPS) is 9.80. The minimum atomic E-state index is 0.696. The molecule has 0 atom stereocenters. The highest BCUT2D eigenvalue weighted by atomic mass is 79.9. The molecule has 3 nitrogen and oxygen atoms in total. The van der Waals surface area contributed by atoms with Crippen LogP contribution in [0, 0.1) is 6.92 Å². The zero-order valence-electron chi connectivity index (χ0n) is 5.71. The molecule has 0 unspecified atom stereocenters. The lowest BCUT2D eigenvalue weighted by Gasteiger charge is -1.93. The first-order valence-electron chi connectivity index (χ1n) is 2.92. The van der Waals surface area contributed by atoms with Crippen LogP contribution < -0.4 is 0 Å². The Morgan fingerprint density at radius 1 is 1.80 bits per heavy atom. The van der Waals surface area contributed by atoms with Crippen LogP contribution in [0.4, 0.5) is 0 Å². The third-order valence-electron chi connectivity index (χ3n) is 1.13. The monoisotopic (exact) mass is 201 g/mol. The van der Waals surface area contributed by atoms with Crippen LogP contribution in [0.2, 0.25) is 0 Å². The van der Waals surface area contributed by atoms with Crippen LogP contribution in [0.15, 0.2) is 17.3 Å². The molecule has 0 spiro atoms. The smallest absolute Gasteiger partial charge is 0.127 e. The summed E-state index contributed by atoms with van der Waals surface area (Å²) in [6.07, 6.45) is 1.78. The molecular formula is C6H8BrN3. The fraction of sp³-hybridized carbons (Fsp3) is 0.333. The van der Waals surface area contributed by atoms with Gasteiger partial charge in [0.05, 0.1) is 12.2 Å². The lowest BCUT2D eigenvalue weighted by molar-refractivity contribution is 0.650. The second-order valence-corrected chi connectivity index (χ2v) is 2.69. The molecular weight excluding hydrogens is 194 g/mol. The number of halogens is 1.